The standard InChI is InChI=1S/C33H46F3N7O5/c1-6-24-29(41-48-40-24)31(46)39-27(19(3)21-10-12-33(35,36)13-11-21)30(45)37-25-9-8-22(18-23(25)34)20(4)28(38-26(44)7-2)32(47)43-16-14-42(5)15-17-43/h8-9,18-21,27-28H,6-7,10-17H2,1-5H3,(H,37,45)(H,38,44)(H,39,46)/t19?,20-,27?,28+/m0/s1. The highest BCUT2D eigenvalue weighted by molar-refractivity contribution is 6.01. The van der Waals surface area contributed by atoms with Crippen molar-refractivity contribution in [2.45, 2.75) is 90.1 Å². The number of benzene rings is 1. The quantitative estimate of drug-likeness (QED) is 0.308. The van der Waals surface area contributed by atoms with E-state index in [2.05, 4.69) is 31.2 Å². The van der Waals surface area contributed by atoms with Crippen LogP contribution in [-0.4, -0.2) is 95.0 Å². The summed E-state index contributed by atoms with van der Waals surface area (Å²) in [5.41, 5.74) is 0.445. The first-order valence-corrected chi connectivity index (χ1v) is 16.6. The maximum atomic E-state index is 15.6. The average Bonchev–Trinajstić information content (AvgIpc) is 3.55. The van der Waals surface area contributed by atoms with Crippen molar-refractivity contribution in [1.82, 2.24) is 30.7 Å². The van der Waals surface area contributed by atoms with E-state index in [0.717, 1.165) is 0 Å². The van der Waals surface area contributed by atoms with Gasteiger partial charge in [-0.1, -0.05) is 38.9 Å². The van der Waals surface area contributed by atoms with Crippen LogP contribution >= 0.6 is 0 Å². The number of halogens is 3. The number of nitrogens with one attached hydrogen (secondary N) is 3. The maximum Gasteiger partial charge on any atom is 0.276 e. The highest BCUT2D eigenvalue weighted by Gasteiger charge is 2.41. The molecule has 2 unspecified atom stereocenters. The largest absolute Gasteiger partial charge is 0.344 e. The lowest BCUT2D eigenvalue weighted by molar-refractivity contribution is -0.138. The summed E-state index contributed by atoms with van der Waals surface area (Å²) in [5, 5.41) is 15.4. The van der Waals surface area contributed by atoms with E-state index in [-0.39, 0.29) is 66.9 Å². The minimum Gasteiger partial charge on any atom is -0.344 e. The van der Waals surface area contributed by atoms with Crippen molar-refractivity contribution in [2.24, 2.45) is 11.8 Å². The number of piperazine rings is 1. The number of rotatable bonds is 12. The lowest BCUT2D eigenvalue weighted by Gasteiger charge is -2.36. The molecular formula is C33H46F3N7O5. The van der Waals surface area contributed by atoms with Gasteiger partial charge in [0.1, 0.15) is 23.6 Å². The zero-order valence-electron chi connectivity index (χ0n) is 28.2. The highest BCUT2D eigenvalue weighted by Crippen LogP contribution is 2.40. The normalized spacial score (nSPS) is 19.5. The van der Waals surface area contributed by atoms with E-state index >= 15 is 4.39 Å². The monoisotopic (exact) mass is 677 g/mol. The molecule has 1 aromatic heterocycles. The van der Waals surface area contributed by atoms with Crippen LogP contribution in [0.5, 0.6) is 0 Å². The summed E-state index contributed by atoms with van der Waals surface area (Å²) in [5.74, 6) is -7.08. The van der Waals surface area contributed by atoms with Crippen molar-refractivity contribution in [1.29, 1.82) is 0 Å². The van der Waals surface area contributed by atoms with E-state index in [9.17, 15) is 28.0 Å². The van der Waals surface area contributed by atoms with Crippen molar-refractivity contribution < 1.29 is 37.0 Å². The number of hydrogen-bond acceptors (Lipinski definition) is 8. The Hall–Kier alpha value is -4.01. The summed E-state index contributed by atoms with van der Waals surface area (Å²) in [7, 11) is 1.97. The summed E-state index contributed by atoms with van der Waals surface area (Å²) >= 11 is 0. The second-order valence-electron chi connectivity index (χ2n) is 13.0. The van der Waals surface area contributed by atoms with Crippen LogP contribution in [-0.2, 0) is 20.8 Å². The number of amides is 4. The number of hydrogen-bond donors (Lipinski definition) is 3. The van der Waals surface area contributed by atoms with Gasteiger partial charge in [0.2, 0.25) is 23.6 Å². The first kappa shape index (κ1) is 36.8. The van der Waals surface area contributed by atoms with E-state index in [1.165, 1.54) is 12.1 Å². The number of anilines is 1. The van der Waals surface area contributed by atoms with E-state index in [1.807, 2.05) is 7.05 Å². The third-order valence-electron chi connectivity index (χ3n) is 9.70. The fourth-order valence-corrected chi connectivity index (χ4v) is 6.34. The zero-order chi connectivity index (χ0) is 35.2. The number of aryl methyl sites for hydroxylation is 1. The van der Waals surface area contributed by atoms with Gasteiger partial charge in [0.05, 0.1) is 5.69 Å². The summed E-state index contributed by atoms with van der Waals surface area (Å²) in [6.07, 6.45) is 0.166. The Balaban J connectivity index is 1.54. The molecule has 4 amide bonds. The lowest BCUT2D eigenvalue weighted by Crippen LogP contribution is -2.55. The Kier molecular flexibility index (Phi) is 12.2. The summed E-state index contributed by atoms with van der Waals surface area (Å²) in [6.45, 7) is 9.26. The van der Waals surface area contributed by atoms with Gasteiger partial charge in [-0.3, -0.25) is 19.2 Å². The van der Waals surface area contributed by atoms with Crippen molar-refractivity contribution in [3.63, 3.8) is 0 Å². The van der Waals surface area contributed by atoms with Crippen molar-refractivity contribution >= 4 is 29.3 Å². The molecule has 1 aliphatic heterocycles. The van der Waals surface area contributed by atoms with E-state index in [0.29, 0.717) is 38.2 Å². The first-order valence-electron chi connectivity index (χ1n) is 16.6. The second kappa shape index (κ2) is 15.9. The van der Waals surface area contributed by atoms with Crippen molar-refractivity contribution in [3.8, 4) is 0 Å². The van der Waals surface area contributed by atoms with Gasteiger partial charge in [0.15, 0.2) is 5.69 Å². The van der Waals surface area contributed by atoms with Crippen LogP contribution in [0, 0.1) is 17.7 Å². The molecule has 15 heteroatoms. The zero-order valence-corrected chi connectivity index (χ0v) is 28.2. The first-order chi connectivity index (χ1) is 22.7. The molecule has 12 nitrogen and oxygen atoms in total. The van der Waals surface area contributed by atoms with Crippen LogP contribution in [0.4, 0.5) is 18.9 Å². The van der Waals surface area contributed by atoms with Crippen LogP contribution in [0.3, 0.4) is 0 Å². The molecule has 264 valence electrons. The number of nitrogens with zero attached hydrogens (tertiary/aromatic N) is 4. The molecular weight excluding hydrogens is 631 g/mol. The predicted octanol–water partition coefficient (Wildman–Crippen LogP) is 3.74. The van der Waals surface area contributed by atoms with Gasteiger partial charge in [-0.25, -0.2) is 17.8 Å². The molecule has 48 heavy (non-hydrogen) atoms. The van der Waals surface area contributed by atoms with Gasteiger partial charge < -0.3 is 25.8 Å². The van der Waals surface area contributed by atoms with E-state index in [1.54, 1.807) is 38.7 Å². The van der Waals surface area contributed by atoms with Gasteiger partial charge in [-0.15, -0.1) is 0 Å². The SMILES string of the molecule is CCC(=O)N[C@@H](C(=O)N1CCN(C)CC1)[C@@H](C)c1ccc(NC(=O)C(NC(=O)c2nonc2CC)C(C)C2CCC(F)(F)CC2)c(F)c1. The smallest absolute Gasteiger partial charge is 0.276 e. The Morgan fingerprint density at radius 1 is 1.00 bits per heavy atom. The van der Waals surface area contributed by atoms with E-state index < -0.39 is 47.5 Å². The molecule has 0 spiro atoms. The number of alkyl halides is 2. The maximum absolute atomic E-state index is 15.6. The van der Waals surface area contributed by atoms with Crippen molar-refractivity contribution in [2.75, 3.05) is 38.5 Å². The topological polar surface area (TPSA) is 150 Å². The minimum absolute atomic E-state index is 0.0990. The third kappa shape index (κ3) is 8.91. The molecule has 4 atom stereocenters. The van der Waals surface area contributed by atoms with Gasteiger partial charge in [0.25, 0.3) is 5.91 Å². The Bertz CT molecular complexity index is 1450. The molecule has 1 aliphatic carbocycles. The number of carbonyl (C=O) groups excluding carboxylic acids is 4. The molecule has 4 rings (SSSR count). The van der Waals surface area contributed by atoms with Crippen LogP contribution in [0.1, 0.15) is 87.5 Å². The number of carbonyl (C=O) groups is 4. The fraction of sp³-hybridized carbons (Fsp3) is 0.636. The minimum atomic E-state index is -2.78. The Morgan fingerprint density at radius 2 is 1.67 bits per heavy atom. The molecule has 0 radical (unpaired) electrons. The molecule has 2 aliphatic rings. The molecule has 2 fully saturated rings. The molecule has 0 bridgehead atoms. The highest BCUT2D eigenvalue weighted by atomic mass is 19.3. The Labute approximate surface area is 278 Å². The van der Waals surface area contributed by atoms with Gasteiger partial charge in [0, 0.05) is 51.4 Å². The van der Waals surface area contributed by atoms with Crippen molar-refractivity contribution in [3.05, 3.63) is 41.0 Å². The molecule has 1 saturated carbocycles. The average molecular weight is 678 g/mol. The van der Waals surface area contributed by atoms with Gasteiger partial charge in [-0.2, -0.15) is 0 Å². The molecule has 2 aromatic rings. The summed E-state index contributed by atoms with van der Waals surface area (Å²) in [6, 6.07) is 1.99. The molecule has 2 heterocycles. The van der Waals surface area contributed by atoms with Gasteiger partial charge in [-0.05, 0) is 61.0 Å². The second-order valence-corrected chi connectivity index (χ2v) is 13.0. The summed E-state index contributed by atoms with van der Waals surface area (Å²) < 4.78 is 48.2. The van der Waals surface area contributed by atoms with Gasteiger partial charge >= 0.3 is 0 Å². The number of aromatic nitrogens is 2. The van der Waals surface area contributed by atoms with Crippen LogP contribution < -0.4 is 16.0 Å². The van der Waals surface area contributed by atoms with Crippen LogP contribution in [0.25, 0.3) is 0 Å². The number of likely N-dealkylation sites (N-methyl/N-ethyl adjacent to an activating group) is 1. The third-order valence-corrected chi connectivity index (χ3v) is 9.70. The summed E-state index contributed by atoms with van der Waals surface area (Å²) in [4.78, 5) is 56.6. The fourth-order valence-electron chi connectivity index (χ4n) is 6.34. The van der Waals surface area contributed by atoms with Crippen LogP contribution in [0.2, 0.25) is 0 Å². The lowest BCUT2D eigenvalue weighted by atomic mass is 9.76. The molecule has 1 aromatic carbocycles. The molecule has 1 saturated heterocycles. The molecule has 3 N–H and O–H groups in total. The van der Waals surface area contributed by atoms with Crippen LogP contribution in [0.15, 0.2) is 22.8 Å². The Morgan fingerprint density at radius 3 is 2.27 bits per heavy atom. The van der Waals surface area contributed by atoms with E-state index in [4.69, 9.17) is 4.63 Å². The predicted molar refractivity (Wildman–Crippen MR) is 171 cm³/mol.